The van der Waals surface area contributed by atoms with E-state index >= 15 is 0 Å². The fraction of sp³-hybridized carbons (Fsp3) is 0.786. The zero-order valence-corrected chi connectivity index (χ0v) is 13.5. The molecule has 21 heavy (non-hydrogen) atoms. The highest BCUT2D eigenvalue weighted by Crippen LogP contribution is 2.26. The number of aryl methyl sites for hydroxylation is 1. The Bertz CT molecular complexity index is 547. The summed E-state index contributed by atoms with van der Waals surface area (Å²) < 4.78 is 28.8. The van der Waals surface area contributed by atoms with Crippen LogP contribution in [-0.4, -0.2) is 24.7 Å². The van der Waals surface area contributed by atoms with E-state index in [0.717, 1.165) is 12.8 Å². The molecule has 0 amide bonds. The largest absolute Gasteiger partial charge is 0.381 e. The normalized spacial score (nSPS) is 17.2. The summed E-state index contributed by atoms with van der Waals surface area (Å²) in [6.07, 6.45) is 9.61. The first-order valence-electron chi connectivity index (χ1n) is 7.85. The van der Waals surface area contributed by atoms with Gasteiger partial charge in [0.2, 0.25) is 10.0 Å². The second-order valence-corrected chi connectivity index (χ2v) is 7.57. The van der Waals surface area contributed by atoms with Crippen LogP contribution in [0.4, 0.5) is 5.82 Å². The Morgan fingerprint density at radius 1 is 1.38 bits per heavy atom. The number of rotatable bonds is 7. The Morgan fingerprint density at radius 2 is 2.10 bits per heavy atom. The van der Waals surface area contributed by atoms with Crippen molar-refractivity contribution in [1.29, 1.82) is 0 Å². The molecule has 1 fully saturated rings. The van der Waals surface area contributed by atoms with E-state index in [-0.39, 0.29) is 10.7 Å². The third-order valence-corrected chi connectivity index (χ3v) is 5.54. The molecule has 3 N–H and O–H groups in total. The van der Waals surface area contributed by atoms with Crippen LogP contribution in [0.1, 0.15) is 51.9 Å². The minimum atomic E-state index is -3.55. The van der Waals surface area contributed by atoms with E-state index in [2.05, 4.69) is 9.82 Å². The lowest BCUT2D eigenvalue weighted by Crippen LogP contribution is -2.27. The molecule has 0 aromatic carbocycles. The van der Waals surface area contributed by atoms with Crippen molar-refractivity contribution >= 4 is 15.8 Å². The summed E-state index contributed by atoms with van der Waals surface area (Å²) in [6, 6.07) is 0. The molecular weight excluding hydrogens is 288 g/mol. The highest BCUT2D eigenvalue weighted by Gasteiger charge is 2.21. The first-order valence-corrected chi connectivity index (χ1v) is 9.34. The van der Waals surface area contributed by atoms with Gasteiger partial charge < -0.3 is 5.73 Å². The summed E-state index contributed by atoms with van der Waals surface area (Å²) in [5.74, 6) is 0.732. The summed E-state index contributed by atoms with van der Waals surface area (Å²) in [5.41, 5.74) is 5.72. The number of nitrogens with zero attached hydrogens (tertiary/aromatic N) is 2. The number of sulfonamides is 1. The van der Waals surface area contributed by atoms with Gasteiger partial charge in [-0.05, 0) is 18.8 Å². The lowest BCUT2D eigenvalue weighted by molar-refractivity contribution is 0.339. The minimum absolute atomic E-state index is 0.0774. The van der Waals surface area contributed by atoms with Gasteiger partial charge in [0.05, 0.1) is 0 Å². The average Bonchev–Trinajstić information content (AvgIpc) is 2.82. The molecular formula is C14H26N4O2S. The maximum atomic E-state index is 12.3. The molecule has 2 rings (SSSR count). The van der Waals surface area contributed by atoms with Crippen LogP contribution in [0.15, 0.2) is 11.1 Å². The van der Waals surface area contributed by atoms with Gasteiger partial charge in [0.15, 0.2) is 5.82 Å². The van der Waals surface area contributed by atoms with Crippen molar-refractivity contribution in [3.63, 3.8) is 0 Å². The summed E-state index contributed by atoms with van der Waals surface area (Å²) in [5, 5.41) is 4.04. The van der Waals surface area contributed by atoms with Crippen LogP contribution >= 0.6 is 0 Å². The van der Waals surface area contributed by atoms with Crippen molar-refractivity contribution in [1.82, 2.24) is 14.5 Å². The Balaban J connectivity index is 1.91. The van der Waals surface area contributed by atoms with Crippen molar-refractivity contribution in [2.24, 2.45) is 5.92 Å². The topological polar surface area (TPSA) is 90.0 Å². The summed E-state index contributed by atoms with van der Waals surface area (Å²) in [4.78, 5) is 0.0968. The second kappa shape index (κ2) is 7.26. The zero-order chi connectivity index (χ0) is 15.3. The summed E-state index contributed by atoms with van der Waals surface area (Å²) in [6.45, 7) is 3.15. The quantitative estimate of drug-likeness (QED) is 0.806. The maximum absolute atomic E-state index is 12.3. The number of hydrogen-bond donors (Lipinski definition) is 2. The van der Waals surface area contributed by atoms with E-state index in [4.69, 9.17) is 5.73 Å². The second-order valence-electron chi connectivity index (χ2n) is 5.83. The van der Waals surface area contributed by atoms with E-state index in [1.54, 1.807) is 4.68 Å². The number of nitrogens with one attached hydrogen (secondary N) is 1. The van der Waals surface area contributed by atoms with Gasteiger partial charge >= 0.3 is 0 Å². The van der Waals surface area contributed by atoms with E-state index in [1.807, 2.05) is 6.92 Å². The van der Waals surface area contributed by atoms with Crippen LogP contribution in [-0.2, 0) is 16.6 Å². The van der Waals surface area contributed by atoms with Crippen molar-refractivity contribution in [3.8, 4) is 0 Å². The Hall–Kier alpha value is -1.08. The fourth-order valence-electron chi connectivity index (χ4n) is 2.92. The van der Waals surface area contributed by atoms with Crippen molar-refractivity contribution in [2.45, 2.75) is 63.3 Å². The minimum Gasteiger partial charge on any atom is -0.381 e. The van der Waals surface area contributed by atoms with Crippen LogP contribution in [0.2, 0.25) is 0 Å². The highest BCUT2D eigenvalue weighted by molar-refractivity contribution is 7.89. The molecule has 0 spiro atoms. The van der Waals surface area contributed by atoms with Crippen molar-refractivity contribution in [3.05, 3.63) is 6.20 Å². The molecule has 1 aromatic rings. The van der Waals surface area contributed by atoms with Crippen LogP contribution < -0.4 is 10.5 Å². The molecule has 7 heteroatoms. The molecule has 1 aliphatic carbocycles. The van der Waals surface area contributed by atoms with Gasteiger partial charge in [0, 0.05) is 19.3 Å². The average molecular weight is 314 g/mol. The van der Waals surface area contributed by atoms with Crippen molar-refractivity contribution in [2.75, 3.05) is 12.3 Å². The number of nitrogens with two attached hydrogens (primary N) is 1. The smallest absolute Gasteiger partial charge is 0.245 e. The predicted molar refractivity (Wildman–Crippen MR) is 83.3 cm³/mol. The molecule has 1 aromatic heterocycles. The Morgan fingerprint density at radius 3 is 2.76 bits per heavy atom. The zero-order valence-electron chi connectivity index (χ0n) is 12.7. The standard InChI is InChI=1S/C14H26N4O2S/c1-2-10-18-11-13(14(15)17-18)21(19,20)16-9-8-12-6-4-3-5-7-12/h11-12,16H,2-10H2,1H3,(H2,15,17). The molecule has 0 aliphatic heterocycles. The van der Waals surface area contributed by atoms with Crippen LogP contribution in [0.3, 0.4) is 0 Å². The lowest BCUT2D eigenvalue weighted by atomic mass is 9.87. The highest BCUT2D eigenvalue weighted by atomic mass is 32.2. The van der Waals surface area contributed by atoms with Gasteiger partial charge in [-0.15, -0.1) is 0 Å². The Kier molecular flexibility index (Phi) is 5.64. The van der Waals surface area contributed by atoms with Crippen molar-refractivity contribution < 1.29 is 8.42 Å². The van der Waals surface area contributed by atoms with E-state index in [1.165, 1.54) is 38.3 Å². The number of nitrogen functional groups attached to an aromatic ring is 1. The number of anilines is 1. The number of aromatic nitrogens is 2. The Labute approximate surface area is 127 Å². The summed E-state index contributed by atoms with van der Waals surface area (Å²) >= 11 is 0. The lowest BCUT2D eigenvalue weighted by Gasteiger charge is -2.21. The van der Waals surface area contributed by atoms with Gasteiger partial charge in [-0.1, -0.05) is 39.0 Å². The molecule has 0 radical (unpaired) electrons. The SMILES string of the molecule is CCCn1cc(S(=O)(=O)NCCC2CCCCC2)c(N)n1. The molecule has 120 valence electrons. The van der Waals surface area contributed by atoms with Gasteiger partial charge in [-0.25, -0.2) is 13.1 Å². The monoisotopic (exact) mass is 314 g/mol. The fourth-order valence-corrected chi connectivity index (χ4v) is 4.04. The van der Waals surface area contributed by atoms with Gasteiger partial charge in [-0.2, -0.15) is 5.10 Å². The van der Waals surface area contributed by atoms with E-state index in [0.29, 0.717) is 19.0 Å². The van der Waals surface area contributed by atoms with E-state index < -0.39 is 10.0 Å². The van der Waals surface area contributed by atoms with E-state index in [9.17, 15) is 8.42 Å². The molecule has 1 heterocycles. The van der Waals surface area contributed by atoms with Crippen LogP contribution in [0, 0.1) is 5.92 Å². The summed E-state index contributed by atoms with van der Waals surface area (Å²) in [7, 11) is -3.55. The molecule has 0 saturated heterocycles. The third-order valence-electron chi connectivity index (χ3n) is 4.07. The predicted octanol–water partition coefficient (Wildman–Crippen LogP) is 2.12. The molecule has 1 aliphatic rings. The van der Waals surface area contributed by atoms with Gasteiger partial charge in [0.25, 0.3) is 0 Å². The molecule has 1 saturated carbocycles. The first kappa shape index (κ1) is 16.3. The molecule has 0 unspecified atom stereocenters. The number of hydrogen-bond acceptors (Lipinski definition) is 4. The molecule has 0 atom stereocenters. The third kappa shape index (κ3) is 4.44. The van der Waals surface area contributed by atoms with Crippen LogP contribution in [0.25, 0.3) is 0 Å². The van der Waals surface area contributed by atoms with Gasteiger partial charge in [-0.3, -0.25) is 4.68 Å². The van der Waals surface area contributed by atoms with Gasteiger partial charge in [0.1, 0.15) is 4.90 Å². The first-order chi connectivity index (χ1) is 10.0. The van der Waals surface area contributed by atoms with Crippen LogP contribution in [0.5, 0.6) is 0 Å². The molecule has 0 bridgehead atoms. The maximum Gasteiger partial charge on any atom is 0.245 e. The molecule has 6 nitrogen and oxygen atoms in total.